The fraction of sp³-hybridized carbons (Fsp3) is 0.400. The number of nitrogens with one attached hydrogen (secondary N) is 1. The summed E-state index contributed by atoms with van der Waals surface area (Å²) in [5.41, 5.74) is 8.59. The van der Waals surface area contributed by atoms with E-state index in [9.17, 15) is 0 Å². The summed E-state index contributed by atoms with van der Waals surface area (Å²) in [6.07, 6.45) is 3.82. The summed E-state index contributed by atoms with van der Waals surface area (Å²) in [5, 5.41) is 3.50. The lowest BCUT2D eigenvalue weighted by Gasteiger charge is -2.13. The van der Waals surface area contributed by atoms with Crippen molar-refractivity contribution in [2.75, 3.05) is 0 Å². The molecule has 1 N–H and O–H groups in total. The average molecular weight is 279 g/mol. The van der Waals surface area contributed by atoms with E-state index in [1.54, 1.807) is 11.1 Å². The van der Waals surface area contributed by atoms with Gasteiger partial charge in [0.1, 0.15) is 0 Å². The van der Waals surface area contributed by atoms with Crippen molar-refractivity contribution in [3.8, 4) is 11.1 Å². The minimum Gasteiger partial charge on any atom is -0.310 e. The van der Waals surface area contributed by atoms with Gasteiger partial charge in [-0.3, -0.25) is 0 Å². The van der Waals surface area contributed by atoms with E-state index in [1.165, 1.54) is 41.5 Å². The Kier molecular flexibility index (Phi) is 4.12. The van der Waals surface area contributed by atoms with E-state index in [-0.39, 0.29) is 0 Å². The van der Waals surface area contributed by atoms with E-state index in [2.05, 4.69) is 62.5 Å². The molecule has 0 atom stereocenters. The highest BCUT2D eigenvalue weighted by molar-refractivity contribution is 5.69. The largest absolute Gasteiger partial charge is 0.310 e. The molecule has 0 fully saturated rings. The van der Waals surface area contributed by atoms with Crippen molar-refractivity contribution in [2.24, 2.45) is 0 Å². The zero-order chi connectivity index (χ0) is 14.8. The number of benzene rings is 2. The second kappa shape index (κ2) is 6.03. The van der Waals surface area contributed by atoms with Gasteiger partial charge in [0.05, 0.1) is 0 Å². The van der Waals surface area contributed by atoms with Gasteiger partial charge in [-0.2, -0.15) is 0 Å². The van der Waals surface area contributed by atoms with Crippen molar-refractivity contribution in [3.63, 3.8) is 0 Å². The number of rotatable bonds is 4. The first-order valence-corrected chi connectivity index (χ1v) is 8.08. The van der Waals surface area contributed by atoms with Crippen LogP contribution in [0.5, 0.6) is 0 Å². The maximum Gasteiger partial charge on any atom is 0.0208 e. The summed E-state index contributed by atoms with van der Waals surface area (Å²) in [4.78, 5) is 0. The molecule has 3 rings (SSSR count). The van der Waals surface area contributed by atoms with Crippen LogP contribution in [0.4, 0.5) is 0 Å². The Bertz CT molecular complexity index is 640. The molecule has 0 amide bonds. The Labute approximate surface area is 128 Å². The molecule has 0 heterocycles. The fourth-order valence-corrected chi connectivity index (χ4v) is 3.15. The zero-order valence-corrected chi connectivity index (χ0v) is 13.4. The molecule has 1 aliphatic carbocycles. The van der Waals surface area contributed by atoms with Crippen LogP contribution in [-0.4, -0.2) is 6.04 Å². The smallest absolute Gasteiger partial charge is 0.0208 e. The highest BCUT2D eigenvalue weighted by atomic mass is 14.9. The Morgan fingerprint density at radius 3 is 2.62 bits per heavy atom. The SMILES string of the molecule is Cc1ccc(CNC(C)C)cc1-c1ccc2c(c1)CCC2. The molecule has 1 aliphatic rings. The van der Waals surface area contributed by atoms with E-state index in [0.29, 0.717) is 6.04 Å². The second-order valence-corrected chi connectivity index (χ2v) is 6.52. The van der Waals surface area contributed by atoms with E-state index in [1.807, 2.05) is 0 Å². The number of hydrogen-bond acceptors (Lipinski definition) is 1. The van der Waals surface area contributed by atoms with Crippen molar-refractivity contribution in [1.82, 2.24) is 5.32 Å². The average Bonchev–Trinajstić information content (AvgIpc) is 2.93. The van der Waals surface area contributed by atoms with E-state index in [4.69, 9.17) is 0 Å². The van der Waals surface area contributed by atoms with Crippen LogP contribution in [0, 0.1) is 6.92 Å². The summed E-state index contributed by atoms with van der Waals surface area (Å²) in [5.74, 6) is 0. The third kappa shape index (κ3) is 3.19. The van der Waals surface area contributed by atoms with Gasteiger partial charge in [-0.1, -0.05) is 44.2 Å². The predicted molar refractivity (Wildman–Crippen MR) is 90.6 cm³/mol. The Balaban J connectivity index is 1.92. The topological polar surface area (TPSA) is 12.0 Å². The molecule has 0 aromatic heterocycles. The van der Waals surface area contributed by atoms with Gasteiger partial charge in [0.25, 0.3) is 0 Å². The molecule has 2 aromatic rings. The van der Waals surface area contributed by atoms with Gasteiger partial charge < -0.3 is 5.32 Å². The van der Waals surface area contributed by atoms with E-state index < -0.39 is 0 Å². The van der Waals surface area contributed by atoms with Crippen molar-refractivity contribution in [1.29, 1.82) is 0 Å². The molecule has 0 aliphatic heterocycles. The molecule has 0 saturated heterocycles. The van der Waals surface area contributed by atoms with Gasteiger partial charge in [0.15, 0.2) is 0 Å². The summed E-state index contributed by atoms with van der Waals surface area (Å²) >= 11 is 0. The van der Waals surface area contributed by atoms with Crippen LogP contribution in [0.15, 0.2) is 36.4 Å². The zero-order valence-electron chi connectivity index (χ0n) is 13.4. The fourth-order valence-electron chi connectivity index (χ4n) is 3.15. The maximum absolute atomic E-state index is 3.50. The van der Waals surface area contributed by atoms with Crippen LogP contribution < -0.4 is 5.32 Å². The second-order valence-electron chi connectivity index (χ2n) is 6.52. The first-order valence-electron chi connectivity index (χ1n) is 8.08. The Morgan fingerprint density at radius 2 is 1.81 bits per heavy atom. The van der Waals surface area contributed by atoms with Gasteiger partial charge >= 0.3 is 0 Å². The normalized spacial score (nSPS) is 13.7. The molecule has 21 heavy (non-hydrogen) atoms. The van der Waals surface area contributed by atoms with Crippen LogP contribution in [0.3, 0.4) is 0 Å². The summed E-state index contributed by atoms with van der Waals surface area (Å²) in [6, 6.07) is 14.4. The predicted octanol–water partition coefficient (Wildman–Crippen LogP) is 4.65. The van der Waals surface area contributed by atoms with Crippen LogP contribution in [0.2, 0.25) is 0 Å². The van der Waals surface area contributed by atoms with Crippen LogP contribution in [0.25, 0.3) is 11.1 Å². The molecule has 0 spiro atoms. The molecule has 1 nitrogen and oxygen atoms in total. The lowest BCUT2D eigenvalue weighted by atomic mass is 9.95. The molecular weight excluding hydrogens is 254 g/mol. The molecule has 0 radical (unpaired) electrons. The molecule has 0 saturated carbocycles. The molecule has 0 bridgehead atoms. The first-order chi connectivity index (χ1) is 10.1. The first kappa shape index (κ1) is 14.3. The number of aryl methyl sites for hydroxylation is 3. The Hall–Kier alpha value is -1.60. The van der Waals surface area contributed by atoms with E-state index in [0.717, 1.165) is 6.54 Å². The van der Waals surface area contributed by atoms with E-state index >= 15 is 0 Å². The van der Waals surface area contributed by atoms with Crippen molar-refractivity contribution in [2.45, 2.75) is 52.6 Å². The monoisotopic (exact) mass is 279 g/mol. The van der Waals surface area contributed by atoms with Gasteiger partial charge in [-0.15, -0.1) is 0 Å². The summed E-state index contributed by atoms with van der Waals surface area (Å²) < 4.78 is 0. The maximum atomic E-state index is 3.50. The van der Waals surface area contributed by atoms with Crippen LogP contribution in [0.1, 0.15) is 42.5 Å². The van der Waals surface area contributed by atoms with Crippen molar-refractivity contribution in [3.05, 3.63) is 58.7 Å². The highest BCUT2D eigenvalue weighted by Crippen LogP contribution is 2.30. The minimum absolute atomic E-state index is 0.523. The summed E-state index contributed by atoms with van der Waals surface area (Å²) in [6.45, 7) is 7.53. The quantitative estimate of drug-likeness (QED) is 0.859. The number of fused-ring (bicyclic) bond motifs is 1. The highest BCUT2D eigenvalue weighted by Gasteiger charge is 2.12. The lowest BCUT2D eigenvalue weighted by molar-refractivity contribution is 0.589. The molecular formula is C20H25N. The number of hydrogen-bond donors (Lipinski definition) is 1. The molecule has 1 heteroatoms. The standard InChI is InChI=1S/C20H25N/c1-14(2)21-13-16-8-7-15(3)20(11-16)19-10-9-17-5-4-6-18(17)12-19/h7-12,14,21H,4-6,13H2,1-3H3. The van der Waals surface area contributed by atoms with Gasteiger partial charge in [-0.25, -0.2) is 0 Å². The van der Waals surface area contributed by atoms with Crippen LogP contribution >= 0.6 is 0 Å². The third-order valence-electron chi connectivity index (χ3n) is 4.43. The summed E-state index contributed by atoms with van der Waals surface area (Å²) in [7, 11) is 0. The van der Waals surface area contributed by atoms with Crippen molar-refractivity contribution >= 4 is 0 Å². The minimum atomic E-state index is 0.523. The Morgan fingerprint density at radius 1 is 1.00 bits per heavy atom. The van der Waals surface area contributed by atoms with Gasteiger partial charge in [0, 0.05) is 12.6 Å². The molecule has 110 valence electrons. The molecule has 0 unspecified atom stereocenters. The van der Waals surface area contributed by atoms with Crippen molar-refractivity contribution < 1.29 is 0 Å². The van der Waals surface area contributed by atoms with Crippen LogP contribution in [-0.2, 0) is 19.4 Å². The molecule has 2 aromatic carbocycles. The van der Waals surface area contributed by atoms with Gasteiger partial charge in [-0.05, 0) is 65.6 Å². The van der Waals surface area contributed by atoms with Gasteiger partial charge in [0.2, 0.25) is 0 Å². The lowest BCUT2D eigenvalue weighted by Crippen LogP contribution is -2.21. The third-order valence-corrected chi connectivity index (χ3v) is 4.43.